The molecular formula is C28H26N2. The van der Waals surface area contributed by atoms with E-state index < -0.39 is 0 Å². The third-order valence-corrected chi connectivity index (χ3v) is 6.72. The predicted octanol–water partition coefficient (Wildman–Crippen LogP) is 6.78. The second-order valence-electron chi connectivity index (χ2n) is 9.25. The molecule has 4 aromatic rings. The van der Waals surface area contributed by atoms with Crippen LogP contribution in [-0.4, -0.2) is 9.97 Å². The number of aromatic nitrogens is 2. The average molecular weight is 391 g/mol. The van der Waals surface area contributed by atoms with Crippen molar-refractivity contribution in [2.24, 2.45) is 0 Å². The molecule has 0 spiro atoms. The van der Waals surface area contributed by atoms with Gasteiger partial charge in [-0.1, -0.05) is 64.1 Å². The maximum absolute atomic E-state index is 4.31. The minimum atomic E-state index is -0.0775. The van der Waals surface area contributed by atoms with E-state index in [2.05, 4.69) is 86.2 Å². The Balaban J connectivity index is 1.70. The molecule has 2 heteroatoms. The highest BCUT2D eigenvalue weighted by molar-refractivity contribution is 5.71. The summed E-state index contributed by atoms with van der Waals surface area (Å²) >= 11 is 0. The lowest BCUT2D eigenvalue weighted by molar-refractivity contribution is 0.521. The van der Waals surface area contributed by atoms with Gasteiger partial charge in [0, 0.05) is 35.6 Å². The first-order chi connectivity index (χ1) is 14.4. The quantitative estimate of drug-likeness (QED) is 0.377. The number of fused-ring (bicyclic) bond motifs is 2. The molecular weight excluding hydrogens is 364 g/mol. The summed E-state index contributed by atoms with van der Waals surface area (Å²) in [5, 5.41) is 0. The van der Waals surface area contributed by atoms with Crippen LogP contribution in [-0.2, 0) is 10.8 Å². The molecule has 148 valence electrons. The molecule has 2 aromatic carbocycles. The molecule has 1 aliphatic rings. The Kier molecular flexibility index (Phi) is 4.14. The summed E-state index contributed by atoms with van der Waals surface area (Å²) in [4.78, 5) is 8.61. The van der Waals surface area contributed by atoms with Gasteiger partial charge in [-0.25, -0.2) is 0 Å². The van der Waals surface area contributed by atoms with E-state index in [0.717, 1.165) is 11.1 Å². The van der Waals surface area contributed by atoms with Crippen molar-refractivity contribution in [3.63, 3.8) is 0 Å². The molecule has 0 unspecified atom stereocenters. The summed E-state index contributed by atoms with van der Waals surface area (Å²) < 4.78 is 0. The molecule has 0 saturated heterocycles. The zero-order valence-electron chi connectivity index (χ0n) is 18.0. The van der Waals surface area contributed by atoms with Gasteiger partial charge in [-0.3, -0.25) is 9.97 Å². The molecule has 5 rings (SSSR count). The van der Waals surface area contributed by atoms with Gasteiger partial charge in [0.15, 0.2) is 0 Å². The van der Waals surface area contributed by atoms with Crippen molar-refractivity contribution >= 4 is 0 Å². The van der Waals surface area contributed by atoms with Gasteiger partial charge in [0.1, 0.15) is 0 Å². The van der Waals surface area contributed by atoms with Crippen LogP contribution < -0.4 is 0 Å². The van der Waals surface area contributed by atoms with E-state index in [1.165, 1.54) is 33.4 Å². The van der Waals surface area contributed by atoms with Gasteiger partial charge in [-0.2, -0.15) is 0 Å². The van der Waals surface area contributed by atoms with Crippen LogP contribution in [0.5, 0.6) is 0 Å². The predicted molar refractivity (Wildman–Crippen MR) is 124 cm³/mol. The van der Waals surface area contributed by atoms with Crippen molar-refractivity contribution in [2.45, 2.75) is 38.5 Å². The van der Waals surface area contributed by atoms with Gasteiger partial charge in [-0.15, -0.1) is 0 Å². The summed E-state index contributed by atoms with van der Waals surface area (Å²) in [7, 11) is 0. The van der Waals surface area contributed by atoms with Crippen molar-refractivity contribution in [1.82, 2.24) is 9.97 Å². The first-order valence-electron chi connectivity index (χ1n) is 10.5. The molecule has 0 N–H and O–H groups in total. The Hall–Kier alpha value is -3.26. The molecule has 1 aliphatic carbocycles. The molecule has 0 fully saturated rings. The van der Waals surface area contributed by atoms with Crippen molar-refractivity contribution in [3.8, 4) is 22.3 Å². The fourth-order valence-electron chi connectivity index (χ4n) is 4.93. The van der Waals surface area contributed by atoms with Crippen LogP contribution in [0.1, 0.15) is 49.9 Å². The van der Waals surface area contributed by atoms with Crippen LogP contribution in [0.15, 0.2) is 85.5 Å². The van der Waals surface area contributed by atoms with Crippen molar-refractivity contribution in [1.29, 1.82) is 0 Å². The smallest absolute Gasteiger partial charge is 0.0346 e. The largest absolute Gasteiger partial charge is 0.264 e. The summed E-state index contributed by atoms with van der Waals surface area (Å²) in [5.74, 6) is 0. The van der Waals surface area contributed by atoms with Crippen LogP contribution in [0.2, 0.25) is 0 Å². The standard InChI is InChI=1S/C28H26N2/c1-27(2)23-11-9-20(22-8-6-14-30-18-22)16-26(23)28(3,4)24-12-10-19(15-25(24)27)21-7-5-13-29-17-21/h5-18H,1-4H3. The van der Waals surface area contributed by atoms with Gasteiger partial charge in [0.05, 0.1) is 0 Å². The maximum atomic E-state index is 4.31. The molecule has 2 heterocycles. The summed E-state index contributed by atoms with van der Waals surface area (Å²) in [6, 6.07) is 22.1. The Morgan fingerprint density at radius 1 is 0.500 bits per heavy atom. The second-order valence-corrected chi connectivity index (χ2v) is 9.25. The minimum absolute atomic E-state index is 0.0775. The number of nitrogens with zero attached hydrogens (tertiary/aromatic N) is 2. The Morgan fingerprint density at radius 3 is 1.30 bits per heavy atom. The average Bonchev–Trinajstić information content (AvgIpc) is 2.79. The van der Waals surface area contributed by atoms with Gasteiger partial charge < -0.3 is 0 Å². The Labute approximate surface area is 178 Å². The van der Waals surface area contributed by atoms with Crippen LogP contribution in [0.25, 0.3) is 22.3 Å². The molecule has 0 amide bonds. The van der Waals surface area contributed by atoms with Crippen molar-refractivity contribution in [2.75, 3.05) is 0 Å². The molecule has 0 radical (unpaired) electrons. The third-order valence-electron chi connectivity index (χ3n) is 6.72. The summed E-state index contributed by atoms with van der Waals surface area (Å²) in [5.41, 5.74) is 10.2. The summed E-state index contributed by atoms with van der Waals surface area (Å²) in [6.07, 6.45) is 7.53. The van der Waals surface area contributed by atoms with Gasteiger partial charge in [0.25, 0.3) is 0 Å². The molecule has 0 atom stereocenters. The highest BCUT2D eigenvalue weighted by atomic mass is 14.6. The van der Waals surface area contributed by atoms with E-state index in [0.29, 0.717) is 0 Å². The van der Waals surface area contributed by atoms with Crippen molar-refractivity contribution < 1.29 is 0 Å². The topological polar surface area (TPSA) is 25.8 Å². The fraction of sp³-hybridized carbons (Fsp3) is 0.214. The highest BCUT2D eigenvalue weighted by Gasteiger charge is 2.41. The number of benzene rings is 2. The van der Waals surface area contributed by atoms with Crippen LogP contribution in [0.4, 0.5) is 0 Å². The lowest BCUT2D eigenvalue weighted by Crippen LogP contribution is -2.36. The molecule has 30 heavy (non-hydrogen) atoms. The van der Waals surface area contributed by atoms with E-state index in [1.54, 1.807) is 0 Å². The van der Waals surface area contributed by atoms with Gasteiger partial charge in [-0.05, 0) is 68.8 Å². The number of pyridine rings is 2. The molecule has 0 saturated carbocycles. The first kappa shape index (κ1) is 18.7. The van der Waals surface area contributed by atoms with Crippen LogP contribution in [0.3, 0.4) is 0 Å². The third kappa shape index (κ3) is 2.79. The lowest BCUT2D eigenvalue weighted by atomic mass is 9.59. The van der Waals surface area contributed by atoms with Crippen molar-refractivity contribution in [3.05, 3.63) is 108 Å². The number of hydrogen-bond donors (Lipinski definition) is 0. The Bertz CT molecular complexity index is 1120. The zero-order valence-corrected chi connectivity index (χ0v) is 18.0. The Morgan fingerprint density at radius 2 is 0.933 bits per heavy atom. The van der Waals surface area contributed by atoms with Crippen LogP contribution >= 0.6 is 0 Å². The van der Waals surface area contributed by atoms with E-state index in [4.69, 9.17) is 0 Å². The number of rotatable bonds is 2. The second kappa shape index (κ2) is 6.63. The summed E-state index contributed by atoms with van der Waals surface area (Å²) in [6.45, 7) is 9.38. The van der Waals surface area contributed by atoms with E-state index >= 15 is 0 Å². The molecule has 2 nitrogen and oxygen atoms in total. The van der Waals surface area contributed by atoms with Crippen LogP contribution in [0, 0.1) is 0 Å². The molecule has 2 aromatic heterocycles. The van der Waals surface area contributed by atoms with Gasteiger partial charge >= 0.3 is 0 Å². The number of hydrogen-bond acceptors (Lipinski definition) is 2. The maximum Gasteiger partial charge on any atom is 0.0346 e. The first-order valence-corrected chi connectivity index (χ1v) is 10.5. The monoisotopic (exact) mass is 390 g/mol. The molecule has 0 aliphatic heterocycles. The van der Waals surface area contributed by atoms with E-state index in [1.807, 2.05) is 36.9 Å². The lowest BCUT2D eigenvalue weighted by Gasteiger charge is -2.44. The normalized spacial score (nSPS) is 15.9. The minimum Gasteiger partial charge on any atom is -0.264 e. The zero-order chi connectivity index (χ0) is 20.9. The van der Waals surface area contributed by atoms with E-state index in [-0.39, 0.29) is 10.8 Å². The van der Waals surface area contributed by atoms with E-state index in [9.17, 15) is 0 Å². The highest BCUT2D eigenvalue weighted by Crippen LogP contribution is 2.51. The fourth-order valence-corrected chi connectivity index (χ4v) is 4.93. The molecule has 0 bridgehead atoms. The van der Waals surface area contributed by atoms with Gasteiger partial charge in [0.2, 0.25) is 0 Å². The SMILES string of the molecule is CC1(C)c2ccc(-c3cccnc3)cc2C(C)(C)c2ccc(-c3cccnc3)cc21.